The van der Waals surface area contributed by atoms with Crippen LogP contribution in [0, 0.1) is 18.3 Å². The molecule has 2 aromatic carbocycles. The van der Waals surface area contributed by atoms with E-state index in [1.807, 2.05) is 55.5 Å². The van der Waals surface area contributed by atoms with Crippen molar-refractivity contribution in [2.75, 3.05) is 5.32 Å². The molecule has 3 nitrogen and oxygen atoms in total. The van der Waals surface area contributed by atoms with Gasteiger partial charge in [0.05, 0.1) is 5.69 Å². The fourth-order valence-electron chi connectivity index (χ4n) is 2.20. The molecule has 0 saturated carbocycles. The summed E-state index contributed by atoms with van der Waals surface area (Å²) in [6.07, 6.45) is 1.60. The van der Waals surface area contributed by atoms with Crippen LogP contribution in [0.3, 0.4) is 0 Å². The summed E-state index contributed by atoms with van der Waals surface area (Å²) in [6.45, 7) is 6.22. The highest BCUT2D eigenvalue weighted by Crippen LogP contribution is 2.24. The summed E-state index contributed by atoms with van der Waals surface area (Å²) in [5.74, 6) is 0.0237. The molecule has 2 aromatic rings. The number of halogens is 1. The lowest BCUT2D eigenvalue weighted by atomic mass is 10.0. The highest BCUT2D eigenvalue weighted by Gasteiger charge is 2.11. The Bertz CT molecular complexity index is 815. The molecule has 0 bridgehead atoms. The standard InChI is InChI=1S/C20H19BrN2O/c1-13(2)16-7-5-15(6-8-16)11-17(12-22)20(24)23-19-9-4-14(3)10-18(19)21/h4-11,13H,1-3H3,(H,23,24)/b17-11+. The molecule has 1 N–H and O–H groups in total. The number of nitrogens with zero attached hydrogens (tertiary/aromatic N) is 1. The molecule has 4 heteroatoms. The highest BCUT2D eigenvalue weighted by molar-refractivity contribution is 9.10. The zero-order valence-corrected chi connectivity index (χ0v) is 15.5. The number of benzene rings is 2. The van der Waals surface area contributed by atoms with E-state index >= 15 is 0 Å². The molecule has 0 saturated heterocycles. The van der Waals surface area contributed by atoms with Gasteiger partial charge in [-0.3, -0.25) is 4.79 Å². The molecule has 0 atom stereocenters. The number of carbonyl (C=O) groups is 1. The highest BCUT2D eigenvalue weighted by atomic mass is 79.9. The summed E-state index contributed by atoms with van der Waals surface area (Å²) >= 11 is 3.42. The Morgan fingerprint density at radius 2 is 1.88 bits per heavy atom. The minimum atomic E-state index is -0.421. The van der Waals surface area contributed by atoms with Crippen LogP contribution >= 0.6 is 15.9 Å². The Labute approximate surface area is 151 Å². The number of rotatable bonds is 4. The maximum Gasteiger partial charge on any atom is 0.266 e. The number of aryl methyl sites for hydroxylation is 1. The largest absolute Gasteiger partial charge is 0.320 e. The van der Waals surface area contributed by atoms with Gasteiger partial charge in [-0.05, 0) is 63.7 Å². The third-order valence-electron chi connectivity index (χ3n) is 3.65. The smallest absolute Gasteiger partial charge is 0.266 e. The molecule has 0 spiro atoms. The van der Waals surface area contributed by atoms with Crippen LogP contribution < -0.4 is 5.32 Å². The number of hydrogen-bond donors (Lipinski definition) is 1. The van der Waals surface area contributed by atoms with Crippen LogP contribution in [0.2, 0.25) is 0 Å². The van der Waals surface area contributed by atoms with Crippen LogP contribution in [0.4, 0.5) is 5.69 Å². The fraction of sp³-hybridized carbons (Fsp3) is 0.200. The van der Waals surface area contributed by atoms with E-state index < -0.39 is 5.91 Å². The van der Waals surface area contributed by atoms with Crippen LogP contribution in [0.25, 0.3) is 6.08 Å². The summed E-state index contributed by atoms with van der Waals surface area (Å²) in [5, 5.41) is 12.1. The first-order valence-corrected chi connectivity index (χ1v) is 8.49. The Kier molecular flexibility index (Phi) is 5.94. The Morgan fingerprint density at radius 3 is 2.42 bits per heavy atom. The van der Waals surface area contributed by atoms with Gasteiger partial charge in [0.25, 0.3) is 5.91 Å². The second-order valence-electron chi connectivity index (χ2n) is 5.93. The van der Waals surface area contributed by atoms with Gasteiger partial charge in [0.15, 0.2) is 0 Å². The van der Waals surface area contributed by atoms with E-state index in [0.29, 0.717) is 11.6 Å². The summed E-state index contributed by atoms with van der Waals surface area (Å²) in [6, 6.07) is 15.5. The summed E-state index contributed by atoms with van der Waals surface area (Å²) in [5.41, 5.74) is 3.84. The van der Waals surface area contributed by atoms with Gasteiger partial charge >= 0.3 is 0 Å². The van der Waals surface area contributed by atoms with E-state index in [-0.39, 0.29) is 5.57 Å². The molecule has 2 rings (SSSR count). The van der Waals surface area contributed by atoms with Crippen molar-refractivity contribution in [1.29, 1.82) is 5.26 Å². The monoisotopic (exact) mass is 382 g/mol. The Balaban J connectivity index is 2.20. The number of nitriles is 1. The van der Waals surface area contributed by atoms with E-state index in [2.05, 4.69) is 35.1 Å². The Hall–Kier alpha value is -2.38. The van der Waals surface area contributed by atoms with Gasteiger partial charge in [-0.15, -0.1) is 0 Å². The van der Waals surface area contributed by atoms with E-state index in [9.17, 15) is 10.1 Å². The molecular weight excluding hydrogens is 364 g/mol. The average molecular weight is 383 g/mol. The van der Waals surface area contributed by atoms with Crippen LogP contribution in [0.1, 0.15) is 36.5 Å². The van der Waals surface area contributed by atoms with Crippen molar-refractivity contribution in [3.05, 3.63) is 69.2 Å². The molecule has 1 amide bonds. The van der Waals surface area contributed by atoms with Crippen LogP contribution in [0.5, 0.6) is 0 Å². The van der Waals surface area contributed by atoms with Crippen molar-refractivity contribution >= 4 is 33.6 Å². The minimum Gasteiger partial charge on any atom is -0.320 e. The quantitative estimate of drug-likeness (QED) is 0.566. The molecule has 122 valence electrons. The van der Waals surface area contributed by atoms with Crippen LogP contribution in [-0.2, 0) is 4.79 Å². The lowest BCUT2D eigenvalue weighted by Crippen LogP contribution is -2.13. The van der Waals surface area contributed by atoms with Crippen molar-refractivity contribution in [2.24, 2.45) is 0 Å². The number of carbonyl (C=O) groups excluding carboxylic acids is 1. The van der Waals surface area contributed by atoms with Crippen molar-refractivity contribution in [3.8, 4) is 6.07 Å². The summed E-state index contributed by atoms with van der Waals surface area (Å²) in [4.78, 5) is 12.3. The van der Waals surface area contributed by atoms with Gasteiger partial charge in [0.1, 0.15) is 11.6 Å². The maximum absolute atomic E-state index is 12.3. The third-order valence-corrected chi connectivity index (χ3v) is 4.31. The first-order valence-electron chi connectivity index (χ1n) is 7.70. The fourth-order valence-corrected chi connectivity index (χ4v) is 2.80. The molecule has 0 aliphatic rings. The van der Waals surface area contributed by atoms with Gasteiger partial charge in [0, 0.05) is 4.47 Å². The third kappa shape index (κ3) is 4.56. The maximum atomic E-state index is 12.3. The summed E-state index contributed by atoms with van der Waals surface area (Å²) in [7, 11) is 0. The molecule has 0 heterocycles. The molecule has 0 unspecified atom stereocenters. The van der Waals surface area contributed by atoms with Gasteiger partial charge < -0.3 is 5.32 Å². The van der Waals surface area contributed by atoms with Gasteiger partial charge in [-0.25, -0.2) is 0 Å². The van der Waals surface area contributed by atoms with Crippen molar-refractivity contribution in [3.63, 3.8) is 0 Å². The van der Waals surface area contributed by atoms with Gasteiger partial charge in [-0.1, -0.05) is 44.2 Å². The number of hydrogen-bond acceptors (Lipinski definition) is 2. The van der Waals surface area contributed by atoms with Gasteiger partial charge in [-0.2, -0.15) is 5.26 Å². The SMILES string of the molecule is Cc1ccc(NC(=O)/C(C#N)=C/c2ccc(C(C)C)cc2)c(Br)c1. The normalized spacial score (nSPS) is 11.2. The molecular formula is C20H19BrN2O. The second-order valence-corrected chi connectivity index (χ2v) is 6.78. The molecule has 0 fully saturated rings. The van der Waals surface area contributed by atoms with Crippen molar-refractivity contribution < 1.29 is 4.79 Å². The first-order chi connectivity index (χ1) is 11.4. The van der Waals surface area contributed by atoms with Gasteiger partial charge in [0.2, 0.25) is 0 Å². The van der Waals surface area contributed by atoms with E-state index in [1.165, 1.54) is 5.56 Å². The zero-order chi connectivity index (χ0) is 17.7. The van der Waals surface area contributed by atoms with Crippen LogP contribution in [-0.4, -0.2) is 5.91 Å². The minimum absolute atomic E-state index is 0.0692. The van der Waals surface area contributed by atoms with E-state index in [1.54, 1.807) is 6.08 Å². The predicted molar refractivity (Wildman–Crippen MR) is 102 cm³/mol. The number of amides is 1. The number of anilines is 1. The molecule has 0 aromatic heterocycles. The number of nitrogens with one attached hydrogen (secondary N) is 1. The topological polar surface area (TPSA) is 52.9 Å². The summed E-state index contributed by atoms with van der Waals surface area (Å²) < 4.78 is 0.787. The Morgan fingerprint density at radius 1 is 1.21 bits per heavy atom. The molecule has 0 aliphatic heterocycles. The van der Waals surface area contributed by atoms with Crippen molar-refractivity contribution in [2.45, 2.75) is 26.7 Å². The first kappa shape index (κ1) is 18.0. The van der Waals surface area contributed by atoms with Crippen LogP contribution in [0.15, 0.2) is 52.5 Å². The average Bonchev–Trinajstić information content (AvgIpc) is 2.55. The second kappa shape index (κ2) is 7.94. The molecule has 0 aliphatic carbocycles. The molecule has 0 radical (unpaired) electrons. The lowest BCUT2D eigenvalue weighted by Gasteiger charge is -2.08. The van der Waals surface area contributed by atoms with E-state index in [0.717, 1.165) is 15.6 Å². The zero-order valence-electron chi connectivity index (χ0n) is 13.9. The van der Waals surface area contributed by atoms with E-state index in [4.69, 9.17) is 0 Å². The van der Waals surface area contributed by atoms with Crippen molar-refractivity contribution in [1.82, 2.24) is 0 Å². The predicted octanol–water partition coefficient (Wildman–Crippen LogP) is 5.43. The lowest BCUT2D eigenvalue weighted by molar-refractivity contribution is -0.112. The molecule has 24 heavy (non-hydrogen) atoms.